The monoisotopic (exact) mass is 203 g/mol. The molecule has 4 heteroatoms. The highest BCUT2D eigenvalue weighted by molar-refractivity contribution is 7.10. The topological polar surface area (TPSA) is 21.3 Å². The van der Waals surface area contributed by atoms with Crippen LogP contribution in [0.4, 0.5) is 0 Å². The van der Waals surface area contributed by atoms with Crippen molar-refractivity contribution >= 4 is 22.9 Å². The van der Waals surface area contributed by atoms with Gasteiger partial charge >= 0.3 is 0 Å². The zero-order valence-electron chi connectivity index (χ0n) is 6.55. The van der Waals surface area contributed by atoms with Crippen molar-refractivity contribution in [3.8, 4) is 0 Å². The van der Waals surface area contributed by atoms with Gasteiger partial charge in [-0.1, -0.05) is 11.6 Å². The lowest BCUT2D eigenvalue weighted by Crippen LogP contribution is -2.33. The number of morpholine rings is 1. The van der Waals surface area contributed by atoms with E-state index in [1.807, 2.05) is 11.4 Å². The molecule has 0 aliphatic carbocycles. The summed E-state index contributed by atoms with van der Waals surface area (Å²) in [5.41, 5.74) is 0. The Morgan fingerprint density at radius 3 is 3.17 bits per heavy atom. The van der Waals surface area contributed by atoms with Crippen LogP contribution in [0.3, 0.4) is 0 Å². The zero-order valence-corrected chi connectivity index (χ0v) is 8.12. The number of thiophene rings is 1. The van der Waals surface area contributed by atoms with E-state index < -0.39 is 0 Å². The van der Waals surface area contributed by atoms with E-state index in [2.05, 4.69) is 5.32 Å². The Hall–Kier alpha value is -0.0900. The van der Waals surface area contributed by atoms with Gasteiger partial charge < -0.3 is 10.1 Å². The SMILES string of the molecule is Clc1csc(C2COCCN2)c1. The van der Waals surface area contributed by atoms with Gasteiger partial charge in [0.05, 0.1) is 24.3 Å². The Labute approximate surface area is 80.5 Å². The largest absolute Gasteiger partial charge is 0.378 e. The maximum Gasteiger partial charge on any atom is 0.0670 e. The van der Waals surface area contributed by atoms with E-state index in [9.17, 15) is 0 Å². The van der Waals surface area contributed by atoms with E-state index in [1.165, 1.54) is 4.88 Å². The molecule has 12 heavy (non-hydrogen) atoms. The van der Waals surface area contributed by atoms with E-state index in [0.717, 1.165) is 24.8 Å². The summed E-state index contributed by atoms with van der Waals surface area (Å²) in [4.78, 5) is 1.26. The summed E-state index contributed by atoms with van der Waals surface area (Å²) in [6, 6.07) is 2.34. The quantitative estimate of drug-likeness (QED) is 0.755. The molecule has 0 amide bonds. The Balaban J connectivity index is 2.08. The average molecular weight is 204 g/mol. The van der Waals surface area contributed by atoms with Crippen LogP contribution in [0, 0.1) is 0 Å². The summed E-state index contributed by atoms with van der Waals surface area (Å²) >= 11 is 7.50. The predicted octanol–water partition coefficient (Wildman–Crippen LogP) is 2.06. The number of halogens is 1. The molecule has 0 spiro atoms. The number of hydrogen-bond acceptors (Lipinski definition) is 3. The highest BCUT2D eigenvalue weighted by Crippen LogP contribution is 2.26. The molecule has 2 rings (SSSR count). The molecular formula is C8H10ClNOS. The van der Waals surface area contributed by atoms with Gasteiger partial charge in [-0.3, -0.25) is 0 Å². The first-order chi connectivity index (χ1) is 5.86. The summed E-state index contributed by atoms with van der Waals surface area (Å²) in [6.45, 7) is 2.51. The van der Waals surface area contributed by atoms with E-state index in [-0.39, 0.29) is 0 Å². The molecule has 1 fully saturated rings. The minimum Gasteiger partial charge on any atom is -0.378 e. The van der Waals surface area contributed by atoms with Crippen LogP contribution in [-0.2, 0) is 4.74 Å². The average Bonchev–Trinajstić information content (AvgIpc) is 2.54. The van der Waals surface area contributed by atoms with Gasteiger partial charge in [-0.2, -0.15) is 0 Å². The molecule has 1 aromatic rings. The second-order valence-corrected chi connectivity index (χ2v) is 4.13. The summed E-state index contributed by atoms with van der Waals surface area (Å²) in [7, 11) is 0. The van der Waals surface area contributed by atoms with Crippen molar-refractivity contribution in [2.75, 3.05) is 19.8 Å². The molecule has 2 nitrogen and oxygen atoms in total. The molecule has 0 bridgehead atoms. The van der Waals surface area contributed by atoms with Crippen molar-refractivity contribution in [3.05, 3.63) is 21.3 Å². The van der Waals surface area contributed by atoms with Crippen LogP contribution in [0.1, 0.15) is 10.9 Å². The van der Waals surface area contributed by atoms with Gasteiger partial charge in [-0.15, -0.1) is 11.3 Å². The molecule has 1 saturated heterocycles. The van der Waals surface area contributed by atoms with Crippen LogP contribution in [0.25, 0.3) is 0 Å². The lowest BCUT2D eigenvalue weighted by Gasteiger charge is -2.22. The van der Waals surface area contributed by atoms with Crippen LogP contribution in [0.5, 0.6) is 0 Å². The third-order valence-corrected chi connectivity index (χ3v) is 3.25. The summed E-state index contributed by atoms with van der Waals surface area (Å²) < 4.78 is 5.35. The van der Waals surface area contributed by atoms with E-state index >= 15 is 0 Å². The van der Waals surface area contributed by atoms with Gasteiger partial charge in [0.1, 0.15) is 0 Å². The second-order valence-electron chi connectivity index (χ2n) is 2.75. The predicted molar refractivity (Wildman–Crippen MR) is 50.9 cm³/mol. The molecule has 1 aromatic heterocycles. The molecule has 66 valence electrons. The standard InChI is InChI=1S/C8H10ClNOS/c9-6-3-8(12-5-6)7-4-11-2-1-10-7/h3,5,7,10H,1-2,4H2. The Bertz CT molecular complexity index is 257. The molecule has 0 aromatic carbocycles. The van der Waals surface area contributed by atoms with Gasteiger partial charge in [0.2, 0.25) is 0 Å². The number of rotatable bonds is 1. The van der Waals surface area contributed by atoms with Gasteiger partial charge in [0, 0.05) is 16.8 Å². The van der Waals surface area contributed by atoms with Gasteiger partial charge in [0.15, 0.2) is 0 Å². The number of ether oxygens (including phenoxy) is 1. The fourth-order valence-corrected chi connectivity index (χ4v) is 2.40. The molecular weight excluding hydrogens is 194 g/mol. The van der Waals surface area contributed by atoms with Gasteiger partial charge in [0.25, 0.3) is 0 Å². The molecule has 2 heterocycles. The third kappa shape index (κ3) is 1.80. The lowest BCUT2D eigenvalue weighted by atomic mass is 10.2. The Morgan fingerprint density at radius 1 is 1.67 bits per heavy atom. The molecule has 1 N–H and O–H groups in total. The van der Waals surface area contributed by atoms with Gasteiger partial charge in [-0.05, 0) is 6.07 Å². The fourth-order valence-electron chi connectivity index (χ4n) is 1.26. The second kappa shape index (κ2) is 3.75. The fraction of sp³-hybridized carbons (Fsp3) is 0.500. The first-order valence-electron chi connectivity index (χ1n) is 3.91. The number of nitrogens with one attached hydrogen (secondary N) is 1. The van der Waals surface area contributed by atoms with Crippen molar-refractivity contribution in [2.45, 2.75) is 6.04 Å². The van der Waals surface area contributed by atoms with Crippen LogP contribution < -0.4 is 5.32 Å². The van der Waals surface area contributed by atoms with Crippen LogP contribution >= 0.6 is 22.9 Å². The molecule has 0 radical (unpaired) electrons. The maximum absolute atomic E-state index is 5.82. The van der Waals surface area contributed by atoms with Crippen molar-refractivity contribution in [2.24, 2.45) is 0 Å². The molecule has 1 aliphatic rings. The first-order valence-corrected chi connectivity index (χ1v) is 5.17. The van der Waals surface area contributed by atoms with Crippen LogP contribution in [0.15, 0.2) is 11.4 Å². The highest BCUT2D eigenvalue weighted by Gasteiger charge is 2.16. The van der Waals surface area contributed by atoms with Crippen LogP contribution in [-0.4, -0.2) is 19.8 Å². The number of hydrogen-bond donors (Lipinski definition) is 1. The zero-order chi connectivity index (χ0) is 8.39. The van der Waals surface area contributed by atoms with Gasteiger partial charge in [-0.25, -0.2) is 0 Å². The third-order valence-electron chi connectivity index (χ3n) is 1.85. The maximum atomic E-state index is 5.82. The van der Waals surface area contributed by atoms with Crippen molar-refractivity contribution in [3.63, 3.8) is 0 Å². The first kappa shape index (κ1) is 8.51. The summed E-state index contributed by atoms with van der Waals surface area (Å²) in [5.74, 6) is 0. The summed E-state index contributed by atoms with van der Waals surface area (Å²) in [5, 5.41) is 6.15. The van der Waals surface area contributed by atoms with E-state index in [4.69, 9.17) is 16.3 Å². The minimum atomic E-state index is 0.344. The molecule has 1 atom stereocenters. The Kier molecular flexibility index (Phi) is 2.66. The van der Waals surface area contributed by atoms with Crippen LogP contribution in [0.2, 0.25) is 5.02 Å². The molecule has 0 saturated carbocycles. The van der Waals surface area contributed by atoms with E-state index in [1.54, 1.807) is 11.3 Å². The van der Waals surface area contributed by atoms with Crippen molar-refractivity contribution in [1.82, 2.24) is 5.32 Å². The van der Waals surface area contributed by atoms with Crippen molar-refractivity contribution in [1.29, 1.82) is 0 Å². The van der Waals surface area contributed by atoms with Crippen molar-refractivity contribution < 1.29 is 4.74 Å². The lowest BCUT2D eigenvalue weighted by molar-refractivity contribution is 0.0779. The minimum absolute atomic E-state index is 0.344. The molecule has 1 unspecified atom stereocenters. The van der Waals surface area contributed by atoms with E-state index in [0.29, 0.717) is 6.04 Å². The smallest absolute Gasteiger partial charge is 0.0670 e. The summed E-state index contributed by atoms with van der Waals surface area (Å²) in [6.07, 6.45) is 0. The molecule has 1 aliphatic heterocycles. The highest BCUT2D eigenvalue weighted by atomic mass is 35.5. The normalized spacial score (nSPS) is 24.2. The Morgan fingerprint density at radius 2 is 2.58 bits per heavy atom.